The molecule has 114 valence electrons. The molecule has 0 aromatic rings. The summed E-state index contributed by atoms with van der Waals surface area (Å²) in [6.07, 6.45) is 8.26. The van der Waals surface area contributed by atoms with Gasteiger partial charge in [0.15, 0.2) is 0 Å². The van der Waals surface area contributed by atoms with Gasteiger partial charge >= 0.3 is 0 Å². The van der Waals surface area contributed by atoms with Crippen molar-refractivity contribution in [3.8, 4) is 0 Å². The van der Waals surface area contributed by atoms with E-state index in [4.69, 9.17) is 9.47 Å². The van der Waals surface area contributed by atoms with Crippen molar-refractivity contribution in [2.75, 3.05) is 40.5 Å². The van der Waals surface area contributed by atoms with Gasteiger partial charge < -0.3 is 9.47 Å². The SMILES string of the molecule is COC[C@@H]1CCCN1/N=C/C=N/N1CCC[C@H]1COC. The molecule has 6 nitrogen and oxygen atoms in total. The van der Waals surface area contributed by atoms with E-state index in [1.54, 1.807) is 26.6 Å². The molecule has 6 heteroatoms. The molecule has 2 rings (SSSR count). The molecule has 2 aliphatic rings. The van der Waals surface area contributed by atoms with Crippen LogP contribution in [-0.2, 0) is 9.47 Å². The van der Waals surface area contributed by atoms with Crippen LogP contribution in [0.1, 0.15) is 25.7 Å². The zero-order valence-corrected chi connectivity index (χ0v) is 12.6. The summed E-state index contributed by atoms with van der Waals surface area (Å²) in [5.41, 5.74) is 0. The van der Waals surface area contributed by atoms with Gasteiger partial charge in [-0.05, 0) is 25.7 Å². The Morgan fingerprint density at radius 1 is 0.900 bits per heavy atom. The van der Waals surface area contributed by atoms with Gasteiger partial charge in [0.2, 0.25) is 0 Å². The quantitative estimate of drug-likeness (QED) is 0.658. The van der Waals surface area contributed by atoms with Crippen LogP contribution in [0, 0.1) is 0 Å². The van der Waals surface area contributed by atoms with Crippen molar-refractivity contribution in [1.29, 1.82) is 0 Å². The first kappa shape index (κ1) is 15.3. The van der Waals surface area contributed by atoms with Crippen molar-refractivity contribution in [2.24, 2.45) is 10.2 Å². The van der Waals surface area contributed by atoms with E-state index in [1.807, 2.05) is 0 Å². The Balaban J connectivity index is 1.78. The summed E-state index contributed by atoms with van der Waals surface area (Å²) in [6, 6.07) is 0.829. The Morgan fingerprint density at radius 2 is 1.35 bits per heavy atom. The summed E-state index contributed by atoms with van der Waals surface area (Å²) in [5, 5.41) is 13.2. The molecule has 2 atom stereocenters. The molecule has 0 aliphatic carbocycles. The average Bonchev–Trinajstić information content (AvgIpc) is 3.06. The van der Waals surface area contributed by atoms with E-state index < -0.39 is 0 Å². The van der Waals surface area contributed by atoms with Gasteiger partial charge in [0, 0.05) is 27.3 Å². The third kappa shape index (κ3) is 4.18. The monoisotopic (exact) mass is 282 g/mol. The first-order valence-electron chi connectivity index (χ1n) is 7.43. The minimum atomic E-state index is 0.415. The van der Waals surface area contributed by atoms with Gasteiger partial charge in [0.25, 0.3) is 0 Å². The molecule has 0 spiro atoms. The highest BCUT2D eigenvalue weighted by atomic mass is 16.5. The number of nitrogens with zero attached hydrogens (tertiary/aromatic N) is 4. The second-order valence-electron chi connectivity index (χ2n) is 5.36. The van der Waals surface area contributed by atoms with Crippen LogP contribution < -0.4 is 0 Å². The van der Waals surface area contributed by atoms with Crippen LogP contribution in [0.25, 0.3) is 0 Å². The molecular formula is C14H26N4O2. The molecule has 0 saturated carbocycles. The van der Waals surface area contributed by atoms with Gasteiger partial charge in [0.05, 0.1) is 37.7 Å². The Morgan fingerprint density at radius 3 is 1.75 bits per heavy atom. The van der Waals surface area contributed by atoms with E-state index in [2.05, 4.69) is 20.2 Å². The molecule has 2 aliphatic heterocycles. The van der Waals surface area contributed by atoms with Crippen LogP contribution in [0.15, 0.2) is 10.2 Å². The minimum Gasteiger partial charge on any atom is -0.382 e. The summed E-state index contributed by atoms with van der Waals surface area (Å²) in [6.45, 7) is 3.51. The summed E-state index contributed by atoms with van der Waals surface area (Å²) < 4.78 is 10.4. The molecule has 2 heterocycles. The molecule has 0 aromatic heterocycles. The highest BCUT2D eigenvalue weighted by Crippen LogP contribution is 2.18. The van der Waals surface area contributed by atoms with Crippen molar-refractivity contribution in [3.05, 3.63) is 0 Å². The van der Waals surface area contributed by atoms with E-state index >= 15 is 0 Å². The van der Waals surface area contributed by atoms with E-state index in [9.17, 15) is 0 Å². The molecule has 0 unspecified atom stereocenters. The molecular weight excluding hydrogens is 256 g/mol. The lowest BCUT2D eigenvalue weighted by molar-refractivity contribution is 0.117. The van der Waals surface area contributed by atoms with Gasteiger partial charge in [-0.1, -0.05) is 0 Å². The Bertz CT molecular complexity index is 303. The van der Waals surface area contributed by atoms with E-state index in [-0.39, 0.29) is 0 Å². The lowest BCUT2D eigenvalue weighted by atomic mass is 10.2. The van der Waals surface area contributed by atoms with Crippen LogP contribution in [0.4, 0.5) is 0 Å². The number of methoxy groups -OCH3 is 2. The topological polar surface area (TPSA) is 49.7 Å². The Hall–Kier alpha value is -1.14. The van der Waals surface area contributed by atoms with Crippen molar-refractivity contribution in [3.63, 3.8) is 0 Å². The van der Waals surface area contributed by atoms with Gasteiger partial charge in [0.1, 0.15) is 0 Å². The summed E-state index contributed by atoms with van der Waals surface area (Å²) in [4.78, 5) is 0. The third-order valence-corrected chi connectivity index (χ3v) is 3.91. The summed E-state index contributed by atoms with van der Waals surface area (Å²) >= 11 is 0. The standard InChI is InChI=1S/C14H26N4O2/c1-19-11-13-5-3-9-17(13)15-7-8-16-18-10-4-6-14(18)12-20-2/h7-8,13-14H,3-6,9-12H2,1-2H3/b15-7+,16-8+/t13-,14-/m0/s1. The molecule has 0 N–H and O–H groups in total. The number of rotatable bonds is 7. The number of hydrazone groups is 2. The fraction of sp³-hybridized carbons (Fsp3) is 0.857. The first-order valence-corrected chi connectivity index (χ1v) is 7.43. The highest BCUT2D eigenvalue weighted by molar-refractivity contribution is 6.15. The summed E-state index contributed by atoms with van der Waals surface area (Å²) in [5.74, 6) is 0. The molecule has 2 fully saturated rings. The van der Waals surface area contributed by atoms with Gasteiger partial charge in [-0.3, -0.25) is 10.0 Å². The normalized spacial score (nSPS) is 27.5. The molecule has 0 amide bonds. The van der Waals surface area contributed by atoms with Crippen molar-refractivity contribution >= 4 is 12.4 Å². The van der Waals surface area contributed by atoms with Crippen LogP contribution in [-0.4, -0.2) is 75.1 Å². The molecule has 0 radical (unpaired) electrons. The number of ether oxygens (including phenoxy) is 2. The maximum atomic E-state index is 5.21. The largest absolute Gasteiger partial charge is 0.382 e. The van der Waals surface area contributed by atoms with Gasteiger partial charge in [-0.2, -0.15) is 10.2 Å². The second kappa shape index (κ2) is 8.21. The molecule has 2 saturated heterocycles. The number of hydrogen-bond acceptors (Lipinski definition) is 6. The third-order valence-electron chi connectivity index (χ3n) is 3.91. The van der Waals surface area contributed by atoms with Crippen molar-refractivity contribution in [2.45, 2.75) is 37.8 Å². The zero-order valence-electron chi connectivity index (χ0n) is 12.6. The fourth-order valence-electron chi connectivity index (χ4n) is 2.90. The average molecular weight is 282 g/mol. The fourth-order valence-corrected chi connectivity index (χ4v) is 2.90. The van der Waals surface area contributed by atoms with Crippen LogP contribution in [0.5, 0.6) is 0 Å². The van der Waals surface area contributed by atoms with E-state index in [1.165, 1.54) is 12.8 Å². The predicted octanol–water partition coefficient (Wildman–Crippen LogP) is 1.18. The predicted molar refractivity (Wildman–Crippen MR) is 80.2 cm³/mol. The lowest BCUT2D eigenvalue weighted by Gasteiger charge is -2.21. The van der Waals surface area contributed by atoms with Crippen LogP contribution in [0.2, 0.25) is 0 Å². The van der Waals surface area contributed by atoms with Crippen LogP contribution >= 0.6 is 0 Å². The van der Waals surface area contributed by atoms with Crippen molar-refractivity contribution < 1.29 is 9.47 Å². The zero-order chi connectivity index (χ0) is 14.2. The maximum Gasteiger partial charge on any atom is 0.0704 e. The molecule has 20 heavy (non-hydrogen) atoms. The van der Waals surface area contributed by atoms with Crippen molar-refractivity contribution in [1.82, 2.24) is 10.0 Å². The van der Waals surface area contributed by atoms with E-state index in [0.29, 0.717) is 12.1 Å². The minimum absolute atomic E-state index is 0.415. The molecule has 0 aromatic carbocycles. The molecule has 0 bridgehead atoms. The first-order chi connectivity index (χ1) is 9.85. The summed E-state index contributed by atoms with van der Waals surface area (Å²) in [7, 11) is 3.48. The lowest BCUT2D eigenvalue weighted by Crippen LogP contribution is -2.29. The van der Waals surface area contributed by atoms with Crippen LogP contribution in [0.3, 0.4) is 0 Å². The smallest absolute Gasteiger partial charge is 0.0704 e. The second-order valence-corrected chi connectivity index (χ2v) is 5.36. The maximum absolute atomic E-state index is 5.21. The Labute approximate surface area is 121 Å². The Kier molecular flexibility index (Phi) is 6.26. The highest BCUT2D eigenvalue weighted by Gasteiger charge is 2.23. The van der Waals surface area contributed by atoms with Gasteiger partial charge in [-0.15, -0.1) is 0 Å². The van der Waals surface area contributed by atoms with Gasteiger partial charge in [-0.25, -0.2) is 0 Å². The number of hydrogen-bond donors (Lipinski definition) is 0. The van der Waals surface area contributed by atoms with E-state index in [0.717, 1.165) is 39.1 Å².